The molecule has 0 spiro atoms. The number of rotatable bonds is 2. The zero-order valence-corrected chi connectivity index (χ0v) is 11.6. The summed E-state index contributed by atoms with van der Waals surface area (Å²) < 4.78 is 4.71. The highest BCUT2D eigenvalue weighted by Crippen LogP contribution is 2.24. The van der Waals surface area contributed by atoms with Gasteiger partial charge in [-0.25, -0.2) is 14.4 Å². The summed E-state index contributed by atoms with van der Waals surface area (Å²) >= 11 is 0. The molecular weight excluding hydrogens is 264 g/mol. The number of hydrogen-bond donors (Lipinski definition) is 1. The van der Waals surface area contributed by atoms with E-state index in [1.54, 1.807) is 0 Å². The Morgan fingerprint density at radius 3 is 2.25 bits per heavy atom. The summed E-state index contributed by atoms with van der Waals surface area (Å²) in [5.74, 6) is -1.41. The van der Waals surface area contributed by atoms with Gasteiger partial charge >= 0.3 is 18.0 Å². The number of carbonyl (C=O) groups excluding carboxylic acids is 2. The van der Waals surface area contributed by atoms with Crippen LogP contribution in [0.15, 0.2) is 0 Å². The molecule has 2 aliphatic rings. The van der Waals surface area contributed by atoms with E-state index >= 15 is 0 Å². The third-order valence-electron chi connectivity index (χ3n) is 4.01. The number of methoxy groups -OCH3 is 1. The monoisotopic (exact) mass is 284 g/mol. The minimum absolute atomic E-state index is 0.356. The number of carboxylic acids is 1. The van der Waals surface area contributed by atoms with Gasteiger partial charge in [0.25, 0.3) is 0 Å². The minimum atomic E-state index is -0.980. The van der Waals surface area contributed by atoms with Crippen molar-refractivity contribution in [2.75, 3.05) is 20.2 Å². The van der Waals surface area contributed by atoms with Crippen molar-refractivity contribution in [2.24, 2.45) is 0 Å². The fraction of sp³-hybridized carbons (Fsp3) is 0.769. The number of urea groups is 1. The second-order valence-corrected chi connectivity index (χ2v) is 5.20. The van der Waals surface area contributed by atoms with Crippen LogP contribution in [0.25, 0.3) is 0 Å². The molecule has 0 aromatic carbocycles. The van der Waals surface area contributed by atoms with Crippen LogP contribution in [0.2, 0.25) is 0 Å². The van der Waals surface area contributed by atoms with Crippen LogP contribution in [0, 0.1) is 0 Å². The maximum atomic E-state index is 12.5. The van der Waals surface area contributed by atoms with Gasteiger partial charge in [0.05, 0.1) is 7.11 Å². The van der Waals surface area contributed by atoms with Crippen LogP contribution in [0.5, 0.6) is 0 Å². The molecule has 7 nitrogen and oxygen atoms in total. The number of nitrogens with zero attached hydrogens (tertiary/aromatic N) is 2. The molecular formula is C13H20N2O5. The smallest absolute Gasteiger partial charge is 0.328 e. The maximum Gasteiger partial charge on any atom is 0.328 e. The molecule has 1 N–H and O–H groups in total. The SMILES string of the molecule is COC(=O)C1CCCN1C(=O)N1CCCCC1C(=O)O. The lowest BCUT2D eigenvalue weighted by Crippen LogP contribution is -2.55. The van der Waals surface area contributed by atoms with E-state index in [2.05, 4.69) is 0 Å². The van der Waals surface area contributed by atoms with Gasteiger partial charge in [-0.2, -0.15) is 0 Å². The van der Waals surface area contributed by atoms with Crippen LogP contribution >= 0.6 is 0 Å². The van der Waals surface area contributed by atoms with Crippen molar-refractivity contribution in [1.29, 1.82) is 0 Å². The summed E-state index contributed by atoms with van der Waals surface area (Å²) in [5.41, 5.74) is 0. The highest BCUT2D eigenvalue weighted by molar-refractivity contribution is 5.87. The Morgan fingerprint density at radius 1 is 1.00 bits per heavy atom. The lowest BCUT2D eigenvalue weighted by Gasteiger charge is -2.37. The van der Waals surface area contributed by atoms with E-state index in [1.807, 2.05) is 0 Å². The molecule has 0 saturated carbocycles. The molecule has 7 heteroatoms. The number of piperidine rings is 1. The maximum absolute atomic E-state index is 12.5. The lowest BCUT2D eigenvalue weighted by molar-refractivity contribution is -0.145. The predicted molar refractivity (Wildman–Crippen MR) is 69.1 cm³/mol. The van der Waals surface area contributed by atoms with Crippen LogP contribution in [0.4, 0.5) is 4.79 Å². The number of ether oxygens (including phenoxy) is 1. The highest BCUT2D eigenvalue weighted by atomic mass is 16.5. The first-order valence-corrected chi connectivity index (χ1v) is 6.94. The van der Waals surface area contributed by atoms with E-state index < -0.39 is 24.0 Å². The second-order valence-electron chi connectivity index (χ2n) is 5.20. The fourth-order valence-electron chi connectivity index (χ4n) is 2.96. The van der Waals surface area contributed by atoms with Crippen molar-refractivity contribution in [2.45, 2.75) is 44.2 Å². The van der Waals surface area contributed by atoms with Crippen molar-refractivity contribution in [1.82, 2.24) is 9.80 Å². The molecule has 2 amide bonds. The molecule has 0 aromatic rings. The van der Waals surface area contributed by atoms with E-state index in [9.17, 15) is 19.5 Å². The van der Waals surface area contributed by atoms with Crippen molar-refractivity contribution in [3.05, 3.63) is 0 Å². The summed E-state index contributed by atoms with van der Waals surface area (Å²) in [6.45, 7) is 0.904. The first kappa shape index (κ1) is 14.6. The average molecular weight is 284 g/mol. The van der Waals surface area contributed by atoms with Gasteiger partial charge in [-0.15, -0.1) is 0 Å². The second kappa shape index (κ2) is 6.11. The molecule has 2 rings (SSSR count). The van der Waals surface area contributed by atoms with Gasteiger partial charge < -0.3 is 19.6 Å². The molecule has 0 radical (unpaired) electrons. The zero-order valence-electron chi connectivity index (χ0n) is 11.6. The summed E-state index contributed by atoms with van der Waals surface area (Å²) in [7, 11) is 1.30. The van der Waals surface area contributed by atoms with Gasteiger partial charge in [-0.1, -0.05) is 0 Å². The Balaban J connectivity index is 2.12. The Labute approximate surface area is 117 Å². The van der Waals surface area contributed by atoms with Gasteiger partial charge in [0.2, 0.25) is 0 Å². The molecule has 0 aromatic heterocycles. The molecule has 2 heterocycles. The van der Waals surface area contributed by atoms with Gasteiger partial charge in [0, 0.05) is 13.1 Å². The molecule has 112 valence electrons. The van der Waals surface area contributed by atoms with Crippen LogP contribution in [0.1, 0.15) is 32.1 Å². The quantitative estimate of drug-likeness (QED) is 0.754. The third kappa shape index (κ3) is 2.71. The average Bonchev–Trinajstić information content (AvgIpc) is 2.95. The zero-order chi connectivity index (χ0) is 14.7. The third-order valence-corrected chi connectivity index (χ3v) is 4.01. The fourth-order valence-corrected chi connectivity index (χ4v) is 2.96. The standard InChI is InChI=1S/C13H20N2O5/c1-20-12(18)10-6-4-8-15(10)13(19)14-7-3-2-5-9(14)11(16)17/h9-10H,2-8H2,1H3,(H,16,17). The largest absolute Gasteiger partial charge is 0.480 e. The molecule has 2 unspecified atom stereocenters. The van der Waals surface area contributed by atoms with E-state index in [1.165, 1.54) is 16.9 Å². The molecule has 2 aliphatic heterocycles. The molecule has 0 aliphatic carbocycles. The Morgan fingerprint density at radius 2 is 1.60 bits per heavy atom. The van der Waals surface area contributed by atoms with E-state index in [0.717, 1.165) is 19.3 Å². The molecule has 0 bridgehead atoms. The lowest BCUT2D eigenvalue weighted by atomic mass is 10.0. The Kier molecular flexibility index (Phi) is 4.46. The Hall–Kier alpha value is -1.79. The predicted octanol–water partition coefficient (Wildman–Crippen LogP) is 0.683. The number of hydrogen-bond acceptors (Lipinski definition) is 4. The van der Waals surface area contributed by atoms with E-state index in [0.29, 0.717) is 25.9 Å². The van der Waals surface area contributed by atoms with Gasteiger partial charge in [0.1, 0.15) is 12.1 Å². The number of aliphatic carboxylic acids is 1. The van der Waals surface area contributed by atoms with Gasteiger partial charge in [-0.05, 0) is 32.1 Å². The van der Waals surface area contributed by atoms with Crippen LogP contribution in [-0.4, -0.2) is 65.2 Å². The minimum Gasteiger partial charge on any atom is -0.480 e. The van der Waals surface area contributed by atoms with Crippen LogP contribution in [0.3, 0.4) is 0 Å². The number of carbonyl (C=O) groups is 3. The van der Waals surface area contributed by atoms with Crippen LogP contribution in [-0.2, 0) is 14.3 Å². The topological polar surface area (TPSA) is 87.2 Å². The number of likely N-dealkylation sites (tertiary alicyclic amines) is 2. The first-order chi connectivity index (χ1) is 9.56. The number of esters is 1. The normalized spacial score (nSPS) is 26.4. The summed E-state index contributed by atoms with van der Waals surface area (Å²) in [4.78, 5) is 38.3. The van der Waals surface area contributed by atoms with Gasteiger partial charge in [0.15, 0.2) is 0 Å². The van der Waals surface area contributed by atoms with E-state index in [-0.39, 0.29) is 6.03 Å². The number of carboxylic acid groups (broad SMARTS) is 1. The van der Waals surface area contributed by atoms with Crippen molar-refractivity contribution in [3.63, 3.8) is 0 Å². The van der Waals surface area contributed by atoms with E-state index in [4.69, 9.17) is 4.74 Å². The molecule has 2 saturated heterocycles. The first-order valence-electron chi connectivity index (χ1n) is 6.94. The molecule has 20 heavy (non-hydrogen) atoms. The summed E-state index contributed by atoms with van der Waals surface area (Å²) in [6, 6.07) is -1.72. The highest BCUT2D eigenvalue weighted by Gasteiger charge is 2.40. The summed E-state index contributed by atoms with van der Waals surface area (Å²) in [6.07, 6.45) is 3.38. The Bertz CT molecular complexity index is 412. The van der Waals surface area contributed by atoms with Gasteiger partial charge in [-0.3, -0.25) is 0 Å². The molecule has 2 fully saturated rings. The number of amides is 2. The van der Waals surface area contributed by atoms with Crippen molar-refractivity contribution >= 4 is 18.0 Å². The van der Waals surface area contributed by atoms with Crippen molar-refractivity contribution in [3.8, 4) is 0 Å². The summed E-state index contributed by atoms with van der Waals surface area (Å²) in [5, 5.41) is 9.22. The molecule has 2 atom stereocenters. The van der Waals surface area contributed by atoms with Crippen LogP contribution < -0.4 is 0 Å². The van der Waals surface area contributed by atoms with Crippen molar-refractivity contribution < 1.29 is 24.2 Å².